The van der Waals surface area contributed by atoms with E-state index in [2.05, 4.69) is 20.2 Å². The summed E-state index contributed by atoms with van der Waals surface area (Å²) in [7, 11) is 1.84. The van der Waals surface area contributed by atoms with Gasteiger partial charge in [0.15, 0.2) is 11.5 Å². The van der Waals surface area contributed by atoms with Gasteiger partial charge in [-0.1, -0.05) is 5.16 Å². The number of hydrogen-bond acceptors (Lipinski definition) is 6. The summed E-state index contributed by atoms with van der Waals surface area (Å²) in [5.41, 5.74) is 2.33. The minimum absolute atomic E-state index is 0.0122. The van der Waals surface area contributed by atoms with Crippen molar-refractivity contribution in [2.24, 2.45) is 13.0 Å². The first-order valence-electron chi connectivity index (χ1n) is 8.63. The van der Waals surface area contributed by atoms with Gasteiger partial charge in [-0.05, 0) is 37.5 Å². The number of carbonyl (C=O) groups is 1. The fraction of sp³-hybridized carbons (Fsp3) is 0.389. The van der Waals surface area contributed by atoms with Crippen molar-refractivity contribution in [2.75, 3.05) is 13.1 Å². The predicted octanol–water partition coefficient (Wildman–Crippen LogP) is 1.88. The van der Waals surface area contributed by atoms with Crippen LogP contribution in [0.3, 0.4) is 0 Å². The molecule has 0 spiro atoms. The van der Waals surface area contributed by atoms with Crippen LogP contribution >= 0.6 is 0 Å². The van der Waals surface area contributed by atoms with Crippen molar-refractivity contribution in [1.82, 2.24) is 29.8 Å². The Morgan fingerprint density at radius 1 is 1.35 bits per heavy atom. The highest BCUT2D eigenvalue weighted by Crippen LogP contribution is 2.23. The number of carbonyl (C=O) groups excluding carboxylic acids is 1. The number of aromatic nitrogens is 5. The molecule has 26 heavy (non-hydrogen) atoms. The van der Waals surface area contributed by atoms with Crippen LogP contribution in [0.1, 0.15) is 28.4 Å². The third-order valence-corrected chi connectivity index (χ3v) is 4.77. The van der Waals surface area contributed by atoms with Gasteiger partial charge in [0, 0.05) is 50.2 Å². The molecule has 0 radical (unpaired) electrons. The fourth-order valence-electron chi connectivity index (χ4n) is 3.22. The molecule has 0 aromatic carbocycles. The molecule has 4 rings (SSSR count). The number of amides is 1. The van der Waals surface area contributed by atoms with Crippen molar-refractivity contribution in [3.63, 3.8) is 0 Å². The molecule has 3 aromatic heterocycles. The molecule has 1 amide bonds. The third kappa shape index (κ3) is 3.22. The van der Waals surface area contributed by atoms with Crippen molar-refractivity contribution in [3.8, 4) is 11.5 Å². The number of hydrogen-bond donors (Lipinski definition) is 0. The largest absolute Gasteiger partial charge is 0.337 e. The molecule has 0 bridgehead atoms. The SMILES string of the molecule is Cc1cc(C(=O)N2CCC(Cc3noc(-c4ccncc4)n3)C2)nn1C. The van der Waals surface area contributed by atoms with Gasteiger partial charge in [-0.2, -0.15) is 10.1 Å². The van der Waals surface area contributed by atoms with E-state index in [1.165, 1.54) is 0 Å². The predicted molar refractivity (Wildman–Crippen MR) is 93.2 cm³/mol. The van der Waals surface area contributed by atoms with E-state index >= 15 is 0 Å². The molecule has 8 nitrogen and oxygen atoms in total. The summed E-state index contributed by atoms with van der Waals surface area (Å²) >= 11 is 0. The monoisotopic (exact) mass is 352 g/mol. The van der Waals surface area contributed by atoms with Crippen LogP contribution in [0.25, 0.3) is 11.5 Å². The highest BCUT2D eigenvalue weighted by Gasteiger charge is 2.29. The molecule has 1 fully saturated rings. The molecule has 1 unspecified atom stereocenters. The van der Waals surface area contributed by atoms with E-state index in [4.69, 9.17) is 4.52 Å². The maximum Gasteiger partial charge on any atom is 0.274 e. The summed E-state index contributed by atoms with van der Waals surface area (Å²) in [5, 5.41) is 8.35. The summed E-state index contributed by atoms with van der Waals surface area (Å²) < 4.78 is 7.06. The van der Waals surface area contributed by atoms with Gasteiger partial charge in [-0.3, -0.25) is 14.5 Å². The first kappa shape index (κ1) is 16.4. The quantitative estimate of drug-likeness (QED) is 0.712. The van der Waals surface area contributed by atoms with Crippen molar-refractivity contribution < 1.29 is 9.32 Å². The second-order valence-corrected chi connectivity index (χ2v) is 6.66. The van der Waals surface area contributed by atoms with Gasteiger partial charge in [0.1, 0.15) is 0 Å². The second-order valence-electron chi connectivity index (χ2n) is 6.66. The zero-order chi connectivity index (χ0) is 18.1. The Kier molecular flexibility index (Phi) is 4.24. The van der Waals surface area contributed by atoms with Crippen molar-refractivity contribution in [2.45, 2.75) is 19.8 Å². The minimum atomic E-state index is -0.0122. The lowest BCUT2D eigenvalue weighted by molar-refractivity contribution is 0.0780. The van der Waals surface area contributed by atoms with Crippen LogP contribution in [0, 0.1) is 12.8 Å². The molecule has 0 N–H and O–H groups in total. The molecule has 3 aromatic rings. The van der Waals surface area contributed by atoms with Crippen LogP contribution < -0.4 is 0 Å². The van der Waals surface area contributed by atoms with Crippen LogP contribution in [0.15, 0.2) is 35.1 Å². The Morgan fingerprint density at radius 2 is 2.15 bits per heavy atom. The van der Waals surface area contributed by atoms with Crippen LogP contribution in [0.2, 0.25) is 0 Å². The number of pyridine rings is 1. The van der Waals surface area contributed by atoms with E-state index in [-0.39, 0.29) is 5.91 Å². The molecule has 1 aliphatic rings. The maximum absolute atomic E-state index is 12.6. The molecular formula is C18H20N6O2. The Labute approximate surface area is 150 Å². The lowest BCUT2D eigenvalue weighted by atomic mass is 10.1. The van der Waals surface area contributed by atoms with Gasteiger partial charge in [0.2, 0.25) is 0 Å². The Morgan fingerprint density at radius 3 is 2.88 bits per heavy atom. The molecule has 134 valence electrons. The van der Waals surface area contributed by atoms with Gasteiger partial charge < -0.3 is 9.42 Å². The molecule has 8 heteroatoms. The molecule has 1 aliphatic heterocycles. The highest BCUT2D eigenvalue weighted by atomic mass is 16.5. The molecular weight excluding hydrogens is 332 g/mol. The lowest BCUT2D eigenvalue weighted by Crippen LogP contribution is -2.29. The number of nitrogens with zero attached hydrogens (tertiary/aromatic N) is 6. The maximum atomic E-state index is 12.6. The topological polar surface area (TPSA) is 89.9 Å². The second kappa shape index (κ2) is 6.70. The van der Waals surface area contributed by atoms with Crippen LogP contribution in [-0.4, -0.2) is 48.8 Å². The van der Waals surface area contributed by atoms with Gasteiger partial charge in [-0.25, -0.2) is 0 Å². The molecule has 1 atom stereocenters. The molecule has 0 aliphatic carbocycles. The van der Waals surface area contributed by atoms with E-state index in [0.717, 1.165) is 24.2 Å². The van der Waals surface area contributed by atoms with Crippen LogP contribution in [0.5, 0.6) is 0 Å². The zero-order valence-corrected chi connectivity index (χ0v) is 14.8. The van der Waals surface area contributed by atoms with Crippen LogP contribution in [-0.2, 0) is 13.5 Å². The standard InChI is InChI=1S/C18H20N6O2/c1-12-9-15(21-23(12)2)18(25)24-8-5-13(11-24)10-16-20-17(26-22-16)14-3-6-19-7-4-14/h3-4,6-7,9,13H,5,8,10-11H2,1-2H3. The lowest BCUT2D eigenvalue weighted by Gasteiger charge is -2.14. The summed E-state index contributed by atoms with van der Waals surface area (Å²) in [6.07, 6.45) is 5.01. The van der Waals surface area contributed by atoms with E-state index in [1.54, 1.807) is 17.1 Å². The zero-order valence-electron chi connectivity index (χ0n) is 14.8. The average Bonchev–Trinajstić information content (AvgIpc) is 3.37. The normalized spacial score (nSPS) is 17.0. The fourth-order valence-corrected chi connectivity index (χ4v) is 3.22. The van der Waals surface area contributed by atoms with Gasteiger partial charge in [0.05, 0.1) is 0 Å². The van der Waals surface area contributed by atoms with Crippen molar-refractivity contribution in [1.29, 1.82) is 0 Å². The summed E-state index contributed by atoms with van der Waals surface area (Å²) in [6.45, 7) is 3.36. The molecule has 0 saturated carbocycles. The van der Waals surface area contributed by atoms with Crippen molar-refractivity contribution >= 4 is 5.91 Å². The summed E-state index contributed by atoms with van der Waals surface area (Å²) in [4.78, 5) is 22.9. The highest BCUT2D eigenvalue weighted by molar-refractivity contribution is 5.92. The van der Waals surface area contributed by atoms with Crippen LogP contribution in [0.4, 0.5) is 0 Å². The smallest absolute Gasteiger partial charge is 0.274 e. The van der Waals surface area contributed by atoms with E-state index in [9.17, 15) is 4.79 Å². The van der Waals surface area contributed by atoms with Gasteiger partial charge in [-0.15, -0.1) is 0 Å². The molecule has 1 saturated heterocycles. The first-order valence-corrected chi connectivity index (χ1v) is 8.63. The minimum Gasteiger partial charge on any atom is -0.337 e. The average molecular weight is 352 g/mol. The third-order valence-electron chi connectivity index (χ3n) is 4.77. The Hall–Kier alpha value is -3.03. The first-order chi connectivity index (χ1) is 12.6. The van der Waals surface area contributed by atoms with Gasteiger partial charge in [0.25, 0.3) is 11.8 Å². The summed E-state index contributed by atoms with van der Waals surface area (Å²) in [5.74, 6) is 1.48. The Balaban J connectivity index is 1.39. The summed E-state index contributed by atoms with van der Waals surface area (Å²) in [6, 6.07) is 5.50. The number of aryl methyl sites for hydroxylation is 2. The van der Waals surface area contributed by atoms with Gasteiger partial charge >= 0.3 is 0 Å². The van der Waals surface area contributed by atoms with Crippen molar-refractivity contribution in [3.05, 3.63) is 47.8 Å². The van der Waals surface area contributed by atoms with E-state index < -0.39 is 0 Å². The van der Waals surface area contributed by atoms with E-state index in [0.29, 0.717) is 36.3 Å². The number of likely N-dealkylation sites (tertiary alicyclic amines) is 1. The number of rotatable bonds is 4. The Bertz CT molecular complexity index is 897. The molecule has 4 heterocycles. The van der Waals surface area contributed by atoms with E-state index in [1.807, 2.05) is 37.1 Å².